The first-order valence-electron chi connectivity index (χ1n) is 10.5. The summed E-state index contributed by atoms with van der Waals surface area (Å²) in [5.41, 5.74) is 1.92. The van der Waals surface area contributed by atoms with Gasteiger partial charge >= 0.3 is 0 Å². The molecule has 5 rings (SSSR count). The first-order chi connectivity index (χ1) is 17.2. The molecule has 0 N–H and O–H groups in total. The number of oxime groups is 1. The number of benzene rings is 3. The van der Waals surface area contributed by atoms with Gasteiger partial charge < -0.3 is 14.0 Å². The number of nitrogens with zero attached hydrogens (tertiary/aromatic N) is 7. The fourth-order valence-corrected chi connectivity index (χ4v) is 3.15. The maximum Gasteiger partial charge on any atom is 0.257 e. The lowest BCUT2D eigenvalue weighted by molar-refractivity contribution is 0.111. The van der Waals surface area contributed by atoms with Crippen LogP contribution in [-0.4, -0.2) is 36.1 Å². The third kappa shape index (κ3) is 5.03. The minimum atomic E-state index is -0.438. The van der Waals surface area contributed by atoms with Crippen LogP contribution in [0.4, 0.5) is 4.39 Å². The Kier molecular flexibility index (Phi) is 6.20. The molecule has 35 heavy (non-hydrogen) atoms. The Labute approximate surface area is 198 Å². The van der Waals surface area contributed by atoms with Crippen molar-refractivity contribution >= 4 is 5.71 Å². The molecule has 5 aromatic rings. The maximum atomic E-state index is 13.8. The van der Waals surface area contributed by atoms with E-state index in [-0.39, 0.29) is 18.2 Å². The summed E-state index contributed by atoms with van der Waals surface area (Å²) in [4.78, 5) is 5.49. The van der Waals surface area contributed by atoms with E-state index in [4.69, 9.17) is 14.0 Å². The summed E-state index contributed by atoms with van der Waals surface area (Å²) in [6, 6.07) is 22.5. The Morgan fingerprint density at radius 1 is 0.943 bits per heavy atom. The number of tetrazole rings is 1. The normalized spacial score (nSPS) is 11.4. The molecule has 0 amide bonds. The van der Waals surface area contributed by atoms with Crippen molar-refractivity contribution in [2.24, 2.45) is 12.2 Å². The number of rotatable bonds is 8. The second-order valence-electron chi connectivity index (χ2n) is 7.26. The fraction of sp³-hybridized carbons (Fsp3) is 0.0833. The molecule has 2 heterocycles. The molecule has 0 fully saturated rings. The van der Waals surface area contributed by atoms with Crippen LogP contribution >= 0.6 is 0 Å². The van der Waals surface area contributed by atoms with E-state index in [1.54, 1.807) is 49.5 Å². The van der Waals surface area contributed by atoms with Gasteiger partial charge in [-0.1, -0.05) is 47.6 Å². The standard InChI is InChI=1S/C24H18FN7O3/c1-32-23(27-30-31-32)22(16-7-3-2-4-8-16)29-33-15-21-26-28-24(35-21)17-11-13-18(14-12-17)34-20-10-6-5-9-19(20)25/h2-14H,15H2,1H3/b29-22-. The van der Waals surface area contributed by atoms with Crippen molar-refractivity contribution in [3.05, 3.63) is 102 Å². The predicted octanol–water partition coefficient (Wildman–Crippen LogP) is 4.16. The molecule has 0 atom stereocenters. The lowest BCUT2D eigenvalue weighted by atomic mass is 10.1. The average Bonchev–Trinajstić information content (AvgIpc) is 3.53. The van der Waals surface area contributed by atoms with Gasteiger partial charge in [0.2, 0.25) is 11.7 Å². The second kappa shape index (κ2) is 9.91. The maximum absolute atomic E-state index is 13.8. The Bertz CT molecular complexity index is 1450. The zero-order valence-electron chi connectivity index (χ0n) is 18.4. The zero-order chi connectivity index (χ0) is 24.0. The van der Waals surface area contributed by atoms with Gasteiger partial charge in [-0.05, 0) is 46.8 Å². The van der Waals surface area contributed by atoms with Gasteiger partial charge in [0.1, 0.15) is 5.75 Å². The van der Waals surface area contributed by atoms with Crippen molar-refractivity contribution in [2.75, 3.05) is 0 Å². The molecule has 0 aliphatic carbocycles. The van der Waals surface area contributed by atoms with Crippen LogP contribution in [0.1, 0.15) is 17.3 Å². The molecular formula is C24H18FN7O3. The largest absolute Gasteiger partial charge is 0.454 e. The third-order valence-corrected chi connectivity index (χ3v) is 4.86. The molecular weight excluding hydrogens is 453 g/mol. The number of aromatic nitrogens is 6. The van der Waals surface area contributed by atoms with E-state index >= 15 is 0 Å². The minimum absolute atomic E-state index is 0.0525. The number of para-hydroxylation sites is 1. The molecule has 2 aromatic heterocycles. The van der Waals surface area contributed by atoms with Crippen molar-refractivity contribution < 1.29 is 18.4 Å². The van der Waals surface area contributed by atoms with E-state index in [0.29, 0.717) is 28.7 Å². The predicted molar refractivity (Wildman–Crippen MR) is 122 cm³/mol. The highest BCUT2D eigenvalue weighted by molar-refractivity contribution is 6.10. The van der Waals surface area contributed by atoms with Gasteiger partial charge in [-0.3, -0.25) is 0 Å². The molecule has 0 radical (unpaired) electrons. The molecule has 0 aliphatic heterocycles. The highest BCUT2D eigenvalue weighted by Gasteiger charge is 2.15. The Morgan fingerprint density at radius 3 is 2.46 bits per heavy atom. The number of halogens is 1. The number of aryl methyl sites for hydroxylation is 1. The molecule has 0 saturated carbocycles. The summed E-state index contributed by atoms with van der Waals surface area (Å²) < 4.78 is 26.5. The van der Waals surface area contributed by atoms with E-state index in [1.165, 1.54) is 10.7 Å². The van der Waals surface area contributed by atoms with E-state index in [0.717, 1.165) is 5.56 Å². The fourth-order valence-electron chi connectivity index (χ4n) is 3.15. The van der Waals surface area contributed by atoms with Crippen molar-refractivity contribution in [2.45, 2.75) is 6.61 Å². The van der Waals surface area contributed by atoms with Gasteiger partial charge in [0.25, 0.3) is 5.89 Å². The van der Waals surface area contributed by atoms with Crippen molar-refractivity contribution in [1.29, 1.82) is 0 Å². The molecule has 0 saturated heterocycles. The van der Waals surface area contributed by atoms with Gasteiger partial charge in [-0.2, -0.15) is 0 Å². The topological polar surface area (TPSA) is 113 Å². The van der Waals surface area contributed by atoms with Crippen molar-refractivity contribution in [1.82, 2.24) is 30.4 Å². The monoisotopic (exact) mass is 471 g/mol. The Hall–Kier alpha value is -4.93. The molecule has 0 bridgehead atoms. The summed E-state index contributed by atoms with van der Waals surface area (Å²) >= 11 is 0. The molecule has 0 aliphatic rings. The summed E-state index contributed by atoms with van der Waals surface area (Å²) in [7, 11) is 1.71. The van der Waals surface area contributed by atoms with Crippen LogP contribution in [-0.2, 0) is 18.5 Å². The van der Waals surface area contributed by atoms with Gasteiger partial charge in [0, 0.05) is 18.2 Å². The van der Waals surface area contributed by atoms with Gasteiger partial charge in [-0.15, -0.1) is 15.3 Å². The van der Waals surface area contributed by atoms with Crippen LogP contribution in [0.2, 0.25) is 0 Å². The van der Waals surface area contributed by atoms with Crippen LogP contribution in [0.15, 0.2) is 88.4 Å². The van der Waals surface area contributed by atoms with Crippen LogP contribution in [0, 0.1) is 5.82 Å². The van der Waals surface area contributed by atoms with Crippen LogP contribution in [0.3, 0.4) is 0 Å². The molecule has 11 heteroatoms. The van der Waals surface area contributed by atoms with Gasteiger partial charge in [-0.25, -0.2) is 9.07 Å². The summed E-state index contributed by atoms with van der Waals surface area (Å²) in [6.45, 7) is -0.0525. The molecule has 0 spiro atoms. The molecule has 0 unspecified atom stereocenters. The van der Waals surface area contributed by atoms with Crippen LogP contribution in [0.5, 0.6) is 11.5 Å². The molecule has 10 nitrogen and oxygen atoms in total. The smallest absolute Gasteiger partial charge is 0.257 e. The first-order valence-corrected chi connectivity index (χ1v) is 10.5. The van der Waals surface area contributed by atoms with Crippen molar-refractivity contribution in [3.63, 3.8) is 0 Å². The van der Waals surface area contributed by atoms with E-state index in [2.05, 4.69) is 30.9 Å². The van der Waals surface area contributed by atoms with Gasteiger partial charge in [0.05, 0.1) is 0 Å². The number of hydrogen-bond acceptors (Lipinski definition) is 9. The summed E-state index contributed by atoms with van der Waals surface area (Å²) in [5.74, 6) is 1.16. The highest BCUT2D eigenvalue weighted by Crippen LogP contribution is 2.27. The van der Waals surface area contributed by atoms with E-state index in [9.17, 15) is 4.39 Å². The highest BCUT2D eigenvalue weighted by atomic mass is 19.1. The van der Waals surface area contributed by atoms with Crippen LogP contribution in [0.25, 0.3) is 11.5 Å². The summed E-state index contributed by atoms with van der Waals surface area (Å²) in [5, 5.41) is 23.8. The average molecular weight is 471 g/mol. The lowest BCUT2D eigenvalue weighted by Crippen LogP contribution is -2.12. The number of hydrogen-bond donors (Lipinski definition) is 0. The van der Waals surface area contributed by atoms with Crippen molar-refractivity contribution in [3.8, 4) is 23.0 Å². The zero-order valence-corrected chi connectivity index (χ0v) is 18.4. The minimum Gasteiger partial charge on any atom is -0.454 e. The second-order valence-corrected chi connectivity index (χ2v) is 7.26. The number of ether oxygens (including phenoxy) is 1. The molecule has 3 aromatic carbocycles. The van der Waals surface area contributed by atoms with E-state index in [1.807, 2.05) is 30.3 Å². The quantitative estimate of drug-likeness (QED) is 0.245. The Balaban J connectivity index is 1.27. The summed E-state index contributed by atoms with van der Waals surface area (Å²) in [6.07, 6.45) is 0. The SMILES string of the molecule is Cn1nnnc1/C(=N\OCc1nnc(-c2ccc(Oc3ccccc3F)cc2)o1)c1ccccc1. The lowest BCUT2D eigenvalue weighted by Gasteiger charge is -2.06. The molecule has 174 valence electrons. The van der Waals surface area contributed by atoms with Crippen LogP contribution < -0.4 is 4.74 Å². The third-order valence-electron chi connectivity index (χ3n) is 4.86. The Morgan fingerprint density at radius 2 is 1.71 bits per heavy atom. The van der Waals surface area contributed by atoms with Gasteiger partial charge in [0.15, 0.2) is 23.9 Å². The van der Waals surface area contributed by atoms with E-state index < -0.39 is 5.82 Å². The first kappa shape index (κ1) is 21.9.